The molecule has 4 heteroatoms. The Hall–Kier alpha value is -1.84. The van der Waals surface area contributed by atoms with Gasteiger partial charge in [-0.15, -0.1) is 0 Å². The fourth-order valence-electron chi connectivity index (χ4n) is 3.69. The topological polar surface area (TPSA) is 74.6 Å². The van der Waals surface area contributed by atoms with Crippen LogP contribution in [0.15, 0.2) is 12.1 Å². The van der Waals surface area contributed by atoms with E-state index in [-0.39, 0.29) is 0 Å². The molecule has 0 atom stereocenters. The van der Waals surface area contributed by atoms with Crippen molar-refractivity contribution in [3.8, 4) is 0 Å². The molecule has 0 amide bonds. The number of carbonyl (C=O) groups is 2. The van der Waals surface area contributed by atoms with Crippen LogP contribution in [0.5, 0.6) is 0 Å². The van der Waals surface area contributed by atoms with Gasteiger partial charge in [0.15, 0.2) is 0 Å². The number of rotatable bonds is 13. The molecule has 0 fully saturated rings. The second-order valence-electron chi connectivity index (χ2n) is 9.85. The first-order valence-corrected chi connectivity index (χ1v) is 10.9. The van der Waals surface area contributed by atoms with Crippen LogP contribution in [0.3, 0.4) is 0 Å². The maximum atomic E-state index is 11.2. The summed E-state index contributed by atoms with van der Waals surface area (Å²) >= 11 is 0. The van der Waals surface area contributed by atoms with Crippen LogP contribution in [0.1, 0.15) is 94.9 Å². The summed E-state index contributed by atoms with van der Waals surface area (Å²) in [5.74, 6) is -1.44. The molecule has 0 aliphatic rings. The van der Waals surface area contributed by atoms with Crippen molar-refractivity contribution in [2.24, 2.45) is 10.8 Å². The first-order chi connectivity index (χ1) is 13.4. The Labute approximate surface area is 176 Å². The van der Waals surface area contributed by atoms with Crippen LogP contribution < -0.4 is 0 Å². The van der Waals surface area contributed by atoms with E-state index in [0.29, 0.717) is 12.8 Å². The largest absolute Gasteiger partial charge is 0.481 e. The molecule has 0 radical (unpaired) electrons. The maximum absolute atomic E-state index is 11.2. The Balaban J connectivity index is 2.54. The number of hydrogen-bond donors (Lipinski definition) is 2. The van der Waals surface area contributed by atoms with Gasteiger partial charge < -0.3 is 10.2 Å². The van der Waals surface area contributed by atoms with E-state index in [1.807, 2.05) is 0 Å². The zero-order valence-electron chi connectivity index (χ0n) is 19.2. The van der Waals surface area contributed by atoms with E-state index >= 15 is 0 Å². The highest BCUT2D eigenvalue weighted by atomic mass is 16.4. The number of carboxylic acids is 2. The molecule has 0 bridgehead atoms. The Kier molecular flexibility index (Phi) is 9.38. The van der Waals surface area contributed by atoms with Crippen LogP contribution in [0.2, 0.25) is 0 Å². The molecule has 164 valence electrons. The fraction of sp³-hybridized carbons (Fsp3) is 0.680. The van der Waals surface area contributed by atoms with Crippen LogP contribution in [0.25, 0.3) is 0 Å². The van der Waals surface area contributed by atoms with E-state index in [9.17, 15) is 19.8 Å². The normalized spacial score (nSPS) is 12.2. The summed E-state index contributed by atoms with van der Waals surface area (Å²) in [5, 5.41) is 18.4. The van der Waals surface area contributed by atoms with Crippen molar-refractivity contribution in [1.82, 2.24) is 0 Å². The van der Waals surface area contributed by atoms with E-state index in [0.717, 1.165) is 44.9 Å². The highest BCUT2D eigenvalue weighted by Gasteiger charge is 2.26. The van der Waals surface area contributed by atoms with Gasteiger partial charge in [0.2, 0.25) is 0 Å². The predicted octanol–water partition coefficient (Wildman–Crippen LogP) is 6.34. The number of aliphatic carboxylic acids is 2. The van der Waals surface area contributed by atoms with Gasteiger partial charge in [-0.2, -0.15) is 0 Å². The highest BCUT2D eigenvalue weighted by molar-refractivity contribution is 5.73. The minimum absolute atomic E-state index is 0.637. The van der Waals surface area contributed by atoms with Gasteiger partial charge in [0.1, 0.15) is 0 Å². The lowest BCUT2D eigenvalue weighted by Gasteiger charge is -2.19. The molecule has 0 spiro atoms. The summed E-state index contributed by atoms with van der Waals surface area (Å²) in [7, 11) is 0. The first kappa shape index (κ1) is 25.2. The van der Waals surface area contributed by atoms with Gasteiger partial charge in [-0.05, 0) is 96.8 Å². The molecule has 4 nitrogen and oxygen atoms in total. The zero-order valence-corrected chi connectivity index (χ0v) is 19.2. The Morgan fingerprint density at radius 3 is 1.52 bits per heavy atom. The number of hydrogen-bond acceptors (Lipinski definition) is 2. The standard InChI is InChI=1S/C25H40O4/c1-18-16-20(12-8-7-10-14-24(3,4)22(26)27)19(2)21(17-18)13-9-11-15-25(5,6)23(28)29/h16-17H,7-15H2,1-6H3,(H,26,27)(H,28,29). The fourth-order valence-corrected chi connectivity index (χ4v) is 3.69. The Morgan fingerprint density at radius 2 is 1.10 bits per heavy atom. The van der Waals surface area contributed by atoms with Gasteiger partial charge in [0, 0.05) is 0 Å². The molecule has 0 saturated heterocycles. The van der Waals surface area contributed by atoms with Crippen molar-refractivity contribution in [3.63, 3.8) is 0 Å². The van der Waals surface area contributed by atoms with Crippen LogP contribution in [-0.4, -0.2) is 22.2 Å². The molecule has 0 saturated carbocycles. The highest BCUT2D eigenvalue weighted by Crippen LogP contribution is 2.27. The second-order valence-corrected chi connectivity index (χ2v) is 9.85. The minimum Gasteiger partial charge on any atom is -0.481 e. The summed E-state index contributed by atoms with van der Waals surface area (Å²) in [4.78, 5) is 22.4. The molecular formula is C25H40O4. The van der Waals surface area contributed by atoms with Gasteiger partial charge in [-0.3, -0.25) is 9.59 Å². The smallest absolute Gasteiger partial charge is 0.309 e. The van der Waals surface area contributed by atoms with Crippen LogP contribution >= 0.6 is 0 Å². The second kappa shape index (κ2) is 10.8. The molecule has 1 aromatic carbocycles. The molecule has 0 heterocycles. The van der Waals surface area contributed by atoms with Crippen LogP contribution in [0.4, 0.5) is 0 Å². The van der Waals surface area contributed by atoms with Gasteiger partial charge in [0.25, 0.3) is 0 Å². The van der Waals surface area contributed by atoms with Crippen molar-refractivity contribution in [1.29, 1.82) is 0 Å². The summed E-state index contributed by atoms with van der Waals surface area (Å²) in [6, 6.07) is 4.53. The quantitative estimate of drug-likeness (QED) is 0.376. The van der Waals surface area contributed by atoms with E-state index in [4.69, 9.17) is 0 Å². The van der Waals surface area contributed by atoms with Gasteiger partial charge >= 0.3 is 11.9 Å². The molecule has 29 heavy (non-hydrogen) atoms. The van der Waals surface area contributed by atoms with E-state index in [1.165, 1.54) is 22.3 Å². The third kappa shape index (κ3) is 8.20. The van der Waals surface area contributed by atoms with E-state index in [1.54, 1.807) is 27.7 Å². The van der Waals surface area contributed by atoms with Crippen molar-refractivity contribution < 1.29 is 19.8 Å². The lowest BCUT2D eigenvalue weighted by atomic mass is 9.86. The molecule has 1 aromatic rings. The zero-order chi connectivity index (χ0) is 22.2. The molecular weight excluding hydrogens is 364 g/mol. The van der Waals surface area contributed by atoms with E-state index < -0.39 is 22.8 Å². The Morgan fingerprint density at radius 1 is 0.724 bits per heavy atom. The van der Waals surface area contributed by atoms with Gasteiger partial charge in [-0.1, -0.05) is 37.0 Å². The summed E-state index contributed by atoms with van der Waals surface area (Å²) in [6.45, 7) is 11.5. The third-order valence-electron chi connectivity index (χ3n) is 6.17. The van der Waals surface area contributed by atoms with Crippen molar-refractivity contribution in [2.75, 3.05) is 0 Å². The average Bonchev–Trinajstić information content (AvgIpc) is 2.61. The van der Waals surface area contributed by atoms with Crippen molar-refractivity contribution >= 4 is 11.9 Å². The van der Waals surface area contributed by atoms with Gasteiger partial charge in [0.05, 0.1) is 10.8 Å². The number of carboxylic acid groups (broad SMARTS) is 2. The van der Waals surface area contributed by atoms with Crippen LogP contribution in [-0.2, 0) is 22.4 Å². The third-order valence-corrected chi connectivity index (χ3v) is 6.17. The molecule has 0 aliphatic heterocycles. The SMILES string of the molecule is Cc1cc(CCCCCC(C)(C)C(=O)O)c(C)c(CCCCC(C)(C)C(=O)O)c1. The lowest BCUT2D eigenvalue weighted by Crippen LogP contribution is -2.23. The summed E-state index contributed by atoms with van der Waals surface area (Å²) < 4.78 is 0. The molecule has 0 unspecified atom stereocenters. The lowest BCUT2D eigenvalue weighted by molar-refractivity contribution is -0.148. The number of benzene rings is 1. The maximum Gasteiger partial charge on any atom is 0.309 e. The van der Waals surface area contributed by atoms with Crippen LogP contribution in [0, 0.1) is 24.7 Å². The monoisotopic (exact) mass is 404 g/mol. The summed E-state index contributed by atoms with van der Waals surface area (Å²) in [6.07, 6.45) is 8.42. The molecule has 0 aliphatic carbocycles. The minimum atomic E-state index is -0.724. The average molecular weight is 405 g/mol. The number of unbranched alkanes of at least 4 members (excludes halogenated alkanes) is 3. The van der Waals surface area contributed by atoms with E-state index in [2.05, 4.69) is 26.0 Å². The molecule has 1 rings (SSSR count). The van der Waals surface area contributed by atoms with Crippen molar-refractivity contribution in [3.05, 3.63) is 34.4 Å². The van der Waals surface area contributed by atoms with Gasteiger partial charge in [-0.25, -0.2) is 0 Å². The predicted molar refractivity (Wildman–Crippen MR) is 118 cm³/mol. The summed E-state index contributed by atoms with van der Waals surface area (Å²) in [5.41, 5.74) is 4.12. The first-order valence-electron chi connectivity index (χ1n) is 10.9. The number of aryl methyl sites for hydroxylation is 3. The molecule has 0 aromatic heterocycles. The molecule has 2 N–H and O–H groups in total. The Bertz CT molecular complexity index is 701. The van der Waals surface area contributed by atoms with Crippen molar-refractivity contribution in [2.45, 2.75) is 99.3 Å².